The zero-order valence-electron chi connectivity index (χ0n) is 12.2. The van der Waals surface area contributed by atoms with Crippen molar-refractivity contribution in [2.75, 3.05) is 13.1 Å². The van der Waals surface area contributed by atoms with E-state index in [1.54, 1.807) is 24.5 Å². The average Bonchev–Trinajstić information content (AvgIpc) is 2.98. The highest BCUT2D eigenvalue weighted by Gasteiger charge is 2.28. The van der Waals surface area contributed by atoms with E-state index in [1.165, 1.54) is 0 Å². The van der Waals surface area contributed by atoms with Gasteiger partial charge in [0.2, 0.25) is 0 Å². The molecule has 3 heterocycles. The highest BCUT2D eigenvalue weighted by molar-refractivity contribution is 5.99. The standard InChI is InChI=1S/C16H16N4O2/c1-2-17-14-5-3-12(10-21)8-19(14)16-7-18-15-6-4-13(11-22)9-20(15)16/h3-6,8-11,16H,2,7H2,1H3. The third-order valence-electron chi connectivity index (χ3n) is 3.61. The van der Waals surface area contributed by atoms with Gasteiger partial charge in [-0.2, -0.15) is 0 Å². The molecule has 0 bridgehead atoms. The molecule has 1 unspecified atom stereocenters. The van der Waals surface area contributed by atoms with E-state index in [4.69, 9.17) is 0 Å². The van der Waals surface area contributed by atoms with E-state index in [9.17, 15) is 9.59 Å². The lowest BCUT2D eigenvalue weighted by Gasteiger charge is -2.28. The molecule has 1 aromatic heterocycles. The Kier molecular flexibility index (Phi) is 3.82. The smallest absolute Gasteiger partial charge is 0.151 e. The highest BCUT2D eigenvalue weighted by atomic mass is 16.1. The molecule has 0 amide bonds. The first-order valence-electron chi connectivity index (χ1n) is 7.12. The van der Waals surface area contributed by atoms with Crippen LogP contribution in [0.15, 0.2) is 52.2 Å². The molecular formula is C16H16N4O2. The first-order chi connectivity index (χ1) is 10.8. The summed E-state index contributed by atoms with van der Waals surface area (Å²) in [6.07, 6.45) is 8.62. The number of allylic oxidation sites excluding steroid dienone is 2. The van der Waals surface area contributed by atoms with Crippen LogP contribution in [0.2, 0.25) is 0 Å². The summed E-state index contributed by atoms with van der Waals surface area (Å²) in [5.74, 6) is 0.807. The molecule has 2 aliphatic rings. The monoisotopic (exact) mass is 296 g/mol. The van der Waals surface area contributed by atoms with Gasteiger partial charge in [0, 0.05) is 30.1 Å². The summed E-state index contributed by atoms with van der Waals surface area (Å²) in [5.41, 5.74) is 1.95. The summed E-state index contributed by atoms with van der Waals surface area (Å²) in [7, 11) is 0. The SMILES string of the molecule is CCN=c1ccc(C=O)cn1C1CN=C2C=CC(C=O)=CN21. The number of hydrogen-bond acceptors (Lipinski definition) is 5. The van der Waals surface area contributed by atoms with Gasteiger partial charge in [0.1, 0.15) is 17.5 Å². The van der Waals surface area contributed by atoms with Crippen LogP contribution < -0.4 is 5.49 Å². The van der Waals surface area contributed by atoms with E-state index in [0.717, 1.165) is 23.9 Å². The van der Waals surface area contributed by atoms with Gasteiger partial charge >= 0.3 is 0 Å². The molecule has 0 aromatic carbocycles. The minimum absolute atomic E-state index is 0.125. The normalized spacial score (nSPS) is 20.5. The Morgan fingerprint density at radius 3 is 2.91 bits per heavy atom. The largest absolute Gasteiger partial charge is 0.309 e. The molecular weight excluding hydrogens is 280 g/mol. The van der Waals surface area contributed by atoms with Crippen molar-refractivity contribution >= 4 is 18.4 Å². The number of aliphatic imine (C=N–C) groups is 1. The fourth-order valence-corrected chi connectivity index (χ4v) is 2.59. The third kappa shape index (κ3) is 2.43. The fourth-order valence-electron chi connectivity index (χ4n) is 2.59. The Hall–Kier alpha value is -2.76. The van der Waals surface area contributed by atoms with Gasteiger partial charge in [-0.1, -0.05) is 0 Å². The van der Waals surface area contributed by atoms with Gasteiger partial charge in [-0.25, -0.2) is 0 Å². The van der Waals surface area contributed by atoms with Crippen LogP contribution in [-0.4, -0.2) is 41.0 Å². The number of carbonyl (C=O) groups excluding carboxylic acids is 2. The topological polar surface area (TPSA) is 67.0 Å². The van der Waals surface area contributed by atoms with E-state index in [2.05, 4.69) is 9.98 Å². The Balaban J connectivity index is 2.07. The molecule has 2 aliphatic heterocycles. The van der Waals surface area contributed by atoms with Crippen LogP contribution in [-0.2, 0) is 4.79 Å². The summed E-state index contributed by atoms with van der Waals surface area (Å²) in [4.78, 5) is 33.0. The maximum atomic E-state index is 11.1. The number of carbonyl (C=O) groups is 2. The zero-order chi connectivity index (χ0) is 15.5. The second kappa shape index (κ2) is 5.93. The van der Waals surface area contributed by atoms with Crippen molar-refractivity contribution in [2.45, 2.75) is 13.1 Å². The maximum Gasteiger partial charge on any atom is 0.151 e. The van der Waals surface area contributed by atoms with Crippen molar-refractivity contribution in [3.63, 3.8) is 0 Å². The molecule has 0 spiro atoms. The Morgan fingerprint density at radius 1 is 1.32 bits per heavy atom. The molecule has 0 saturated heterocycles. The molecule has 0 N–H and O–H groups in total. The van der Waals surface area contributed by atoms with E-state index in [1.807, 2.05) is 28.5 Å². The van der Waals surface area contributed by atoms with E-state index in [-0.39, 0.29) is 6.17 Å². The molecule has 6 heteroatoms. The fraction of sp³-hybridized carbons (Fsp3) is 0.250. The number of pyridine rings is 1. The summed E-state index contributed by atoms with van der Waals surface area (Å²) < 4.78 is 1.93. The predicted molar refractivity (Wildman–Crippen MR) is 82.4 cm³/mol. The lowest BCUT2D eigenvalue weighted by Crippen LogP contribution is -2.36. The van der Waals surface area contributed by atoms with Gasteiger partial charge in [-0.15, -0.1) is 0 Å². The number of rotatable bonds is 4. The third-order valence-corrected chi connectivity index (χ3v) is 3.61. The molecule has 1 atom stereocenters. The van der Waals surface area contributed by atoms with Crippen LogP contribution in [0.25, 0.3) is 0 Å². The van der Waals surface area contributed by atoms with Crippen molar-refractivity contribution in [3.8, 4) is 0 Å². The van der Waals surface area contributed by atoms with Crippen LogP contribution in [0.1, 0.15) is 23.4 Å². The lowest BCUT2D eigenvalue weighted by atomic mass is 10.2. The van der Waals surface area contributed by atoms with Crippen molar-refractivity contribution in [2.24, 2.45) is 9.98 Å². The minimum atomic E-state index is -0.125. The number of amidine groups is 1. The van der Waals surface area contributed by atoms with E-state index >= 15 is 0 Å². The van der Waals surface area contributed by atoms with Crippen molar-refractivity contribution in [1.29, 1.82) is 0 Å². The number of aromatic nitrogens is 1. The van der Waals surface area contributed by atoms with Crippen LogP contribution in [0.5, 0.6) is 0 Å². The quantitative estimate of drug-likeness (QED) is 0.781. The first kappa shape index (κ1) is 14.2. The Labute approximate surface area is 127 Å². The minimum Gasteiger partial charge on any atom is -0.309 e. The summed E-state index contributed by atoms with van der Waals surface area (Å²) >= 11 is 0. The number of aldehydes is 2. The second-order valence-corrected chi connectivity index (χ2v) is 4.99. The number of nitrogens with zero attached hydrogens (tertiary/aromatic N) is 4. The van der Waals surface area contributed by atoms with Gasteiger partial charge in [-0.05, 0) is 31.2 Å². The van der Waals surface area contributed by atoms with Crippen molar-refractivity contribution < 1.29 is 9.59 Å². The molecule has 6 nitrogen and oxygen atoms in total. The van der Waals surface area contributed by atoms with Crippen LogP contribution >= 0.6 is 0 Å². The Morgan fingerprint density at radius 2 is 2.18 bits per heavy atom. The molecule has 112 valence electrons. The van der Waals surface area contributed by atoms with Gasteiger partial charge in [-0.3, -0.25) is 19.6 Å². The van der Waals surface area contributed by atoms with Crippen molar-refractivity contribution in [3.05, 3.63) is 53.3 Å². The summed E-state index contributed by atoms with van der Waals surface area (Å²) in [6.45, 7) is 3.15. The second-order valence-electron chi connectivity index (χ2n) is 4.99. The van der Waals surface area contributed by atoms with Gasteiger partial charge in [0.05, 0.1) is 6.54 Å². The average molecular weight is 296 g/mol. The number of fused-ring (bicyclic) bond motifs is 1. The van der Waals surface area contributed by atoms with Crippen LogP contribution in [0.3, 0.4) is 0 Å². The highest BCUT2D eigenvalue weighted by Crippen LogP contribution is 2.24. The van der Waals surface area contributed by atoms with E-state index < -0.39 is 0 Å². The van der Waals surface area contributed by atoms with Crippen molar-refractivity contribution in [1.82, 2.24) is 9.47 Å². The predicted octanol–water partition coefficient (Wildman–Crippen LogP) is 1.09. The lowest BCUT2D eigenvalue weighted by molar-refractivity contribution is -0.104. The summed E-state index contributed by atoms with van der Waals surface area (Å²) in [6, 6.07) is 3.58. The zero-order valence-corrected chi connectivity index (χ0v) is 12.2. The number of hydrogen-bond donors (Lipinski definition) is 0. The van der Waals surface area contributed by atoms with E-state index in [0.29, 0.717) is 24.2 Å². The van der Waals surface area contributed by atoms with Crippen LogP contribution in [0.4, 0.5) is 0 Å². The van der Waals surface area contributed by atoms with Crippen LogP contribution in [0, 0.1) is 0 Å². The molecule has 0 fully saturated rings. The van der Waals surface area contributed by atoms with Gasteiger partial charge in [0.25, 0.3) is 0 Å². The first-order valence-corrected chi connectivity index (χ1v) is 7.12. The van der Waals surface area contributed by atoms with Gasteiger partial charge in [0.15, 0.2) is 12.6 Å². The molecule has 22 heavy (non-hydrogen) atoms. The van der Waals surface area contributed by atoms with Gasteiger partial charge < -0.3 is 9.47 Å². The molecule has 0 aliphatic carbocycles. The Bertz CT molecular complexity index is 771. The molecule has 1 aromatic rings. The molecule has 3 rings (SSSR count). The molecule has 0 saturated carbocycles. The maximum absolute atomic E-state index is 11.1. The molecule has 0 radical (unpaired) electrons. The summed E-state index contributed by atoms with van der Waals surface area (Å²) in [5, 5.41) is 0.